The van der Waals surface area contributed by atoms with E-state index >= 15 is 0 Å². The van der Waals surface area contributed by atoms with Crippen molar-refractivity contribution in [2.45, 2.75) is 31.1 Å². The highest BCUT2D eigenvalue weighted by Gasteiger charge is 2.22. The minimum absolute atomic E-state index is 0.113. The number of rotatable bonds is 12. The zero-order valence-electron chi connectivity index (χ0n) is 17.8. The number of hydrogen-bond acceptors (Lipinski definition) is 5. The number of nitrogens with one attached hydrogen (secondary N) is 1. The van der Waals surface area contributed by atoms with Gasteiger partial charge in [0.1, 0.15) is 11.5 Å². The number of carbonyl (C=O) groups excluding carboxylic acids is 1. The van der Waals surface area contributed by atoms with Crippen molar-refractivity contribution in [3.63, 3.8) is 0 Å². The van der Waals surface area contributed by atoms with Gasteiger partial charge in [0.25, 0.3) is 0 Å². The van der Waals surface area contributed by atoms with Crippen LogP contribution in [0, 0.1) is 0 Å². The van der Waals surface area contributed by atoms with Gasteiger partial charge in [-0.05, 0) is 55.2 Å². The molecule has 0 aromatic heterocycles. The summed E-state index contributed by atoms with van der Waals surface area (Å²) in [7, 11) is -0.847. The molecule has 0 radical (unpaired) electrons. The normalized spacial score (nSPS) is 11.3. The lowest BCUT2D eigenvalue weighted by Gasteiger charge is -2.17. The molecule has 0 aliphatic carbocycles. The maximum atomic E-state index is 12.6. The summed E-state index contributed by atoms with van der Waals surface area (Å²) >= 11 is 0. The Morgan fingerprint density at radius 1 is 1.10 bits per heavy atom. The smallest absolute Gasteiger partial charge is 0.243 e. The second-order valence-electron chi connectivity index (χ2n) is 6.85. The van der Waals surface area contributed by atoms with Gasteiger partial charge >= 0.3 is 0 Å². The lowest BCUT2D eigenvalue weighted by Crippen LogP contribution is -2.38. The predicted molar refractivity (Wildman–Crippen MR) is 116 cm³/mol. The number of hydrogen-bond donors (Lipinski definition) is 1. The molecule has 7 nitrogen and oxygen atoms in total. The first-order chi connectivity index (χ1) is 14.4. The SMILES string of the molecule is CCCOc1ccccc1CCCNC(=O)CN(C)S(=O)(=O)c1ccc(OC)cc1. The average molecular weight is 435 g/mol. The van der Waals surface area contributed by atoms with Gasteiger partial charge in [0.15, 0.2) is 0 Å². The standard InChI is InChI=1S/C22H30N2O5S/c1-4-16-29-21-10-6-5-8-18(21)9-7-15-23-22(25)17-24(2)30(26,27)20-13-11-19(28-3)12-14-20/h5-6,8,10-14H,4,7,9,15-17H2,1-3H3,(H,23,25). The molecule has 8 heteroatoms. The van der Waals surface area contributed by atoms with Gasteiger partial charge in [-0.3, -0.25) is 4.79 Å². The first-order valence-corrected chi connectivity index (χ1v) is 11.4. The van der Waals surface area contributed by atoms with E-state index in [0.717, 1.165) is 34.9 Å². The maximum absolute atomic E-state index is 12.6. The van der Waals surface area contributed by atoms with Crippen LogP contribution in [0.1, 0.15) is 25.3 Å². The van der Waals surface area contributed by atoms with Gasteiger partial charge in [0.05, 0.1) is 25.2 Å². The number of carbonyl (C=O) groups is 1. The Kier molecular flexibility index (Phi) is 9.14. The summed E-state index contributed by atoms with van der Waals surface area (Å²) in [6, 6.07) is 13.9. The fourth-order valence-electron chi connectivity index (χ4n) is 2.84. The molecule has 1 N–H and O–H groups in total. The molecule has 0 saturated heterocycles. The average Bonchev–Trinajstić information content (AvgIpc) is 2.75. The molecule has 0 fully saturated rings. The number of methoxy groups -OCH3 is 1. The number of sulfonamides is 1. The molecule has 0 saturated carbocycles. The summed E-state index contributed by atoms with van der Waals surface area (Å²) in [5.74, 6) is 1.09. The van der Waals surface area contributed by atoms with E-state index in [1.54, 1.807) is 12.1 Å². The van der Waals surface area contributed by atoms with E-state index in [1.807, 2.05) is 24.3 Å². The number of ether oxygens (including phenoxy) is 2. The van der Waals surface area contributed by atoms with E-state index in [9.17, 15) is 13.2 Å². The van der Waals surface area contributed by atoms with Gasteiger partial charge < -0.3 is 14.8 Å². The zero-order valence-corrected chi connectivity index (χ0v) is 18.6. The molecule has 30 heavy (non-hydrogen) atoms. The van der Waals surface area contributed by atoms with E-state index < -0.39 is 10.0 Å². The fourth-order valence-corrected chi connectivity index (χ4v) is 3.97. The van der Waals surface area contributed by atoms with Crippen LogP contribution in [0.3, 0.4) is 0 Å². The van der Waals surface area contributed by atoms with Crippen LogP contribution < -0.4 is 14.8 Å². The molecule has 0 spiro atoms. The van der Waals surface area contributed by atoms with Crippen molar-refractivity contribution in [3.8, 4) is 11.5 Å². The molecule has 0 unspecified atom stereocenters. The van der Waals surface area contributed by atoms with Crippen LogP contribution in [0.25, 0.3) is 0 Å². The summed E-state index contributed by atoms with van der Waals surface area (Å²) in [6.07, 6.45) is 2.44. The minimum atomic E-state index is -3.75. The number of amides is 1. The summed E-state index contributed by atoms with van der Waals surface area (Å²) in [6.45, 7) is 2.94. The Morgan fingerprint density at radius 2 is 1.80 bits per heavy atom. The van der Waals surface area contributed by atoms with Crippen LogP contribution in [0.15, 0.2) is 53.4 Å². The van der Waals surface area contributed by atoms with Gasteiger partial charge in [-0.2, -0.15) is 4.31 Å². The zero-order chi connectivity index (χ0) is 22.0. The predicted octanol–water partition coefficient (Wildman–Crippen LogP) is 2.85. The van der Waals surface area contributed by atoms with Crippen molar-refractivity contribution in [2.75, 3.05) is 33.9 Å². The van der Waals surface area contributed by atoms with E-state index in [1.165, 1.54) is 26.3 Å². The molecule has 0 aliphatic heterocycles. The Morgan fingerprint density at radius 3 is 2.47 bits per heavy atom. The highest BCUT2D eigenvalue weighted by Crippen LogP contribution is 2.20. The Bertz CT molecular complexity index is 913. The van der Waals surface area contributed by atoms with E-state index in [0.29, 0.717) is 18.9 Å². The Hall–Kier alpha value is -2.58. The molecule has 1 amide bonds. The number of benzene rings is 2. The van der Waals surface area contributed by atoms with Crippen molar-refractivity contribution in [1.29, 1.82) is 0 Å². The maximum Gasteiger partial charge on any atom is 0.243 e. The first-order valence-electron chi connectivity index (χ1n) is 9.96. The third-order valence-electron chi connectivity index (χ3n) is 4.51. The third kappa shape index (κ3) is 6.74. The van der Waals surface area contributed by atoms with Gasteiger partial charge in [-0.15, -0.1) is 0 Å². The van der Waals surface area contributed by atoms with Crippen LogP contribution in [0.2, 0.25) is 0 Å². The number of aryl methyl sites for hydroxylation is 1. The van der Waals surface area contributed by atoms with Gasteiger partial charge in [-0.1, -0.05) is 25.1 Å². The number of para-hydroxylation sites is 1. The van der Waals surface area contributed by atoms with E-state index in [4.69, 9.17) is 9.47 Å². The van der Waals surface area contributed by atoms with E-state index in [-0.39, 0.29) is 17.3 Å². The summed E-state index contributed by atoms with van der Waals surface area (Å²) < 4.78 is 37.0. The van der Waals surface area contributed by atoms with Gasteiger partial charge in [-0.25, -0.2) is 8.42 Å². The monoisotopic (exact) mass is 434 g/mol. The molecule has 2 rings (SSSR count). The van der Waals surface area contributed by atoms with Crippen molar-refractivity contribution < 1.29 is 22.7 Å². The first kappa shape index (κ1) is 23.7. The molecule has 0 bridgehead atoms. The largest absolute Gasteiger partial charge is 0.497 e. The molecule has 0 heterocycles. The molecule has 0 aliphatic rings. The topological polar surface area (TPSA) is 84.9 Å². The van der Waals surface area contributed by atoms with Crippen molar-refractivity contribution in [1.82, 2.24) is 9.62 Å². The molecule has 164 valence electrons. The van der Waals surface area contributed by atoms with Crippen molar-refractivity contribution >= 4 is 15.9 Å². The Balaban J connectivity index is 1.81. The van der Waals surface area contributed by atoms with Crippen LogP contribution in [0.5, 0.6) is 11.5 Å². The Labute approximate surface area is 179 Å². The lowest BCUT2D eigenvalue weighted by molar-refractivity contribution is -0.121. The molecular weight excluding hydrogens is 404 g/mol. The van der Waals surface area contributed by atoms with Crippen molar-refractivity contribution in [2.24, 2.45) is 0 Å². The molecular formula is C22H30N2O5S. The van der Waals surface area contributed by atoms with Crippen LogP contribution in [-0.4, -0.2) is 52.5 Å². The van der Waals surface area contributed by atoms with Crippen molar-refractivity contribution in [3.05, 3.63) is 54.1 Å². The second-order valence-corrected chi connectivity index (χ2v) is 8.89. The molecule has 0 atom stereocenters. The lowest BCUT2D eigenvalue weighted by atomic mass is 10.1. The second kappa shape index (κ2) is 11.6. The molecule has 2 aromatic carbocycles. The highest BCUT2D eigenvalue weighted by molar-refractivity contribution is 7.89. The summed E-state index contributed by atoms with van der Waals surface area (Å²) in [5.41, 5.74) is 1.10. The van der Waals surface area contributed by atoms with Gasteiger partial charge in [0, 0.05) is 13.6 Å². The van der Waals surface area contributed by atoms with Crippen LogP contribution in [0.4, 0.5) is 0 Å². The van der Waals surface area contributed by atoms with E-state index in [2.05, 4.69) is 12.2 Å². The van der Waals surface area contributed by atoms with Gasteiger partial charge in [0.2, 0.25) is 15.9 Å². The van der Waals surface area contributed by atoms with Crippen LogP contribution in [-0.2, 0) is 21.2 Å². The van der Waals surface area contributed by atoms with Crippen LogP contribution >= 0.6 is 0 Å². The number of likely N-dealkylation sites (N-methyl/N-ethyl adjacent to an activating group) is 1. The quantitative estimate of drug-likeness (QED) is 0.519. The summed E-state index contributed by atoms with van der Waals surface area (Å²) in [5, 5.41) is 2.78. The fraction of sp³-hybridized carbons (Fsp3) is 0.409. The number of nitrogens with zero attached hydrogens (tertiary/aromatic N) is 1. The molecule has 2 aromatic rings. The third-order valence-corrected chi connectivity index (χ3v) is 6.33. The summed E-state index contributed by atoms with van der Waals surface area (Å²) in [4.78, 5) is 12.3. The highest BCUT2D eigenvalue weighted by atomic mass is 32.2. The minimum Gasteiger partial charge on any atom is -0.497 e.